The van der Waals surface area contributed by atoms with E-state index in [1.54, 1.807) is 19.9 Å². The number of carbonyl (C=O) groups is 1. The summed E-state index contributed by atoms with van der Waals surface area (Å²) in [6, 6.07) is 5.64. The van der Waals surface area contributed by atoms with Crippen molar-refractivity contribution in [2.75, 3.05) is 0 Å². The van der Waals surface area contributed by atoms with Crippen molar-refractivity contribution in [1.29, 1.82) is 0 Å². The van der Waals surface area contributed by atoms with Crippen LogP contribution >= 0.6 is 0 Å². The van der Waals surface area contributed by atoms with Crippen LogP contribution in [0.15, 0.2) is 24.3 Å². The number of aromatic hydroxyl groups is 1. The van der Waals surface area contributed by atoms with E-state index in [1.165, 1.54) is 18.2 Å². The van der Waals surface area contributed by atoms with Gasteiger partial charge in [0, 0.05) is 11.7 Å². The second-order valence-electron chi connectivity index (χ2n) is 2.90. The van der Waals surface area contributed by atoms with Crippen LogP contribution in [0.1, 0.15) is 24.2 Å². The first-order valence-corrected chi connectivity index (χ1v) is 4.12. The Labute approximate surface area is 111 Å². The van der Waals surface area contributed by atoms with Gasteiger partial charge in [0.2, 0.25) is 0 Å². The first-order chi connectivity index (χ1) is 6.45. The van der Waals surface area contributed by atoms with Crippen LogP contribution in [0.5, 0.6) is 5.75 Å². The van der Waals surface area contributed by atoms with E-state index in [0.29, 0.717) is 0 Å². The van der Waals surface area contributed by atoms with Crippen molar-refractivity contribution in [3.8, 4) is 5.75 Å². The average molecular weight is 220 g/mol. The molecule has 0 radical (unpaired) electrons. The van der Waals surface area contributed by atoms with Gasteiger partial charge in [-0.25, -0.2) is 0 Å². The molecule has 1 aromatic rings. The van der Waals surface area contributed by atoms with Crippen molar-refractivity contribution in [2.24, 2.45) is 0 Å². The second kappa shape index (κ2) is 8.73. The predicted molar refractivity (Wildman–Crippen MR) is 49.8 cm³/mol. The number of para-hydroxylation sites is 1. The molecule has 0 aliphatic rings. The number of rotatable bonds is 1. The van der Waals surface area contributed by atoms with Crippen LogP contribution in [0.2, 0.25) is 0 Å². The summed E-state index contributed by atoms with van der Waals surface area (Å²) >= 11 is 0. The summed E-state index contributed by atoms with van der Waals surface area (Å²) in [5, 5.41) is 27.1. The Morgan fingerprint density at radius 1 is 1.33 bits per heavy atom. The van der Waals surface area contributed by atoms with E-state index in [-0.39, 0.29) is 47.0 Å². The van der Waals surface area contributed by atoms with Crippen molar-refractivity contribution < 1.29 is 49.7 Å². The minimum absolute atomic E-state index is 0. The minimum Gasteiger partial charge on any atom is -0.545 e. The molecule has 4 nitrogen and oxygen atoms in total. The van der Waals surface area contributed by atoms with Crippen LogP contribution in [0, 0.1) is 0 Å². The molecule has 78 valence electrons. The summed E-state index contributed by atoms with van der Waals surface area (Å²) in [5.41, 5.74) is -0.178. The molecular formula is C10H13NaO4. The van der Waals surface area contributed by atoms with E-state index in [4.69, 9.17) is 10.2 Å². The van der Waals surface area contributed by atoms with Gasteiger partial charge in [-0.15, -0.1) is 0 Å². The van der Waals surface area contributed by atoms with Crippen LogP contribution in [-0.4, -0.2) is 22.3 Å². The van der Waals surface area contributed by atoms with Gasteiger partial charge in [0.1, 0.15) is 5.75 Å². The Kier molecular flexibility index (Phi) is 9.82. The zero-order valence-corrected chi connectivity index (χ0v) is 11.1. The van der Waals surface area contributed by atoms with Crippen LogP contribution in [0.3, 0.4) is 0 Å². The average Bonchev–Trinajstić information content (AvgIpc) is 2.03. The molecule has 0 aromatic heterocycles. The van der Waals surface area contributed by atoms with E-state index < -0.39 is 5.97 Å². The first-order valence-electron chi connectivity index (χ1n) is 4.12. The zero-order valence-electron chi connectivity index (χ0n) is 9.10. The number of hydrogen-bond acceptors (Lipinski definition) is 4. The number of benzene rings is 1. The fourth-order valence-corrected chi connectivity index (χ4v) is 0.646. The molecule has 0 bridgehead atoms. The quantitative estimate of drug-likeness (QED) is 0.499. The van der Waals surface area contributed by atoms with E-state index in [2.05, 4.69) is 0 Å². The zero-order chi connectivity index (χ0) is 11.1. The molecule has 0 fully saturated rings. The molecule has 0 amide bonds. The number of phenols is 1. The number of carbonyl (C=O) groups excluding carboxylic acids is 1. The van der Waals surface area contributed by atoms with Gasteiger partial charge in [-0.2, -0.15) is 0 Å². The second-order valence-corrected chi connectivity index (χ2v) is 2.90. The summed E-state index contributed by atoms with van der Waals surface area (Å²) in [6.07, 6.45) is -0.167. The van der Waals surface area contributed by atoms with Crippen molar-refractivity contribution >= 4 is 5.97 Å². The first kappa shape index (κ1) is 16.9. The van der Waals surface area contributed by atoms with Gasteiger partial charge in [0.25, 0.3) is 0 Å². The molecule has 5 heteroatoms. The Bertz CT molecular complexity index is 296. The van der Waals surface area contributed by atoms with Crippen LogP contribution in [-0.2, 0) is 0 Å². The summed E-state index contributed by atoms with van der Waals surface area (Å²) in [4.78, 5) is 10.2. The number of aromatic carboxylic acids is 1. The molecule has 2 N–H and O–H groups in total. The maximum absolute atomic E-state index is 10.2. The molecule has 0 heterocycles. The smallest absolute Gasteiger partial charge is 0.545 e. The number of carboxylic acid groups (broad SMARTS) is 1. The van der Waals surface area contributed by atoms with Crippen molar-refractivity contribution in [3.63, 3.8) is 0 Å². The SMILES string of the molecule is CC(C)O.O=C([O-])c1ccccc1O.[Na+]. The largest absolute Gasteiger partial charge is 1.00 e. The van der Waals surface area contributed by atoms with E-state index in [0.717, 1.165) is 0 Å². The Morgan fingerprint density at radius 3 is 2.00 bits per heavy atom. The van der Waals surface area contributed by atoms with Crippen LogP contribution < -0.4 is 34.7 Å². The van der Waals surface area contributed by atoms with Crippen molar-refractivity contribution in [3.05, 3.63) is 29.8 Å². The molecule has 1 rings (SSSR count). The van der Waals surface area contributed by atoms with Gasteiger partial charge in [-0.1, -0.05) is 12.1 Å². The Balaban J connectivity index is 0. The maximum atomic E-state index is 10.2. The third kappa shape index (κ3) is 8.44. The van der Waals surface area contributed by atoms with Gasteiger partial charge >= 0.3 is 29.6 Å². The third-order valence-corrected chi connectivity index (χ3v) is 1.12. The number of carboxylic acids is 1. The molecule has 15 heavy (non-hydrogen) atoms. The van der Waals surface area contributed by atoms with E-state index >= 15 is 0 Å². The predicted octanol–water partition coefficient (Wildman–Crippen LogP) is -2.85. The summed E-state index contributed by atoms with van der Waals surface area (Å²) in [5.74, 6) is -1.62. The number of aliphatic hydroxyl groups excluding tert-OH is 1. The van der Waals surface area contributed by atoms with Gasteiger partial charge < -0.3 is 20.1 Å². The van der Waals surface area contributed by atoms with Crippen molar-refractivity contribution in [1.82, 2.24) is 0 Å². The monoisotopic (exact) mass is 220 g/mol. The normalized spacial score (nSPS) is 8.53. The molecule has 0 saturated carbocycles. The Hall–Kier alpha value is -0.550. The van der Waals surface area contributed by atoms with E-state index in [1.807, 2.05) is 0 Å². The Morgan fingerprint density at radius 2 is 1.73 bits per heavy atom. The number of aliphatic hydroxyl groups is 1. The fraction of sp³-hybridized carbons (Fsp3) is 0.300. The molecule has 0 saturated heterocycles. The summed E-state index contributed by atoms with van der Waals surface area (Å²) in [6.45, 7) is 3.44. The standard InChI is InChI=1S/C7H6O3.C3H8O.Na/c8-6-4-2-1-3-5(6)7(9)10;1-3(2)4;/h1-4,8H,(H,9,10);3-4H,1-2H3;/q;;+1/p-1. The molecule has 1 aromatic carbocycles. The fourth-order valence-electron chi connectivity index (χ4n) is 0.646. The molecule has 0 atom stereocenters. The molecule has 0 unspecified atom stereocenters. The van der Waals surface area contributed by atoms with Gasteiger partial charge in [-0.3, -0.25) is 0 Å². The van der Waals surface area contributed by atoms with Crippen LogP contribution in [0.4, 0.5) is 0 Å². The van der Waals surface area contributed by atoms with Crippen LogP contribution in [0.25, 0.3) is 0 Å². The topological polar surface area (TPSA) is 80.6 Å². The van der Waals surface area contributed by atoms with E-state index in [9.17, 15) is 9.90 Å². The number of hydrogen-bond donors (Lipinski definition) is 2. The summed E-state index contributed by atoms with van der Waals surface area (Å²) in [7, 11) is 0. The minimum atomic E-state index is -1.36. The van der Waals surface area contributed by atoms with Gasteiger partial charge in [0.05, 0.1) is 5.97 Å². The van der Waals surface area contributed by atoms with Crippen molar-refractivity contribution in [2.45, 2.75) is 20.0 Å². The summed E-state index contributed by atoms with van der Waals surface area (Å²) < 4.78 is 0. The molecule has 0 aliphatic heterocycles. The molecular weight excluding hydrogens is 207 g/mol. The molecule has 0 spiro atoms. The van der Waals surface area contributed by atoms with Gasteiger partial charge in [0.15, 0.2) is 0 Å². The third-order valence-electron chi connectivity index (χ3n) is 1.12. The molecule has 0 aliphatic carbocycles. The maximum Gasteiger partial charge on any atom is 1.00 e. The van der Waals surface area contributed by atoms with Gasteiger partial charge in [-0.05, 0) is 26.0 Å².